The van der Waals surface area contributed by atoms with E-state index in [1.165, 1.54) is 0 Å². The highest BCUT2D eigenvalue weighted by atomic mass is 16.5. The molecule has 90 valence electrons. The first-order chi connectivity index (χ1) is 8.78. The van der Waals surface area contributed by atoms with E-state index in [-0.39, 0.29) is 0 Å². The molecule has 0 radical (unpaired) electrons. The molecule has 0 aliphatic rings. The lowest BCUT2D eigenvalue weighted by molar-refractivity contribution is 0.416. The maximum atomic E-state index is 5.74. The van der Waals surface area contributed by atoms with Crippen LogP contribution in [-0.2, 0) is 0 Å². The Morgan fingerprint density at radius 2 is 2.17 bits per heavy atom. The van der Waals surface area contributed by atoms with Gasteiger partial charge in [-0.3, -0.25) is 4.98 Å². The van der Waals surface area contributed by atoms with Crippen LogP contribution in [-0.4, -0.2) is 22.1 Å². The lowest BCUT2D eigenvalue weighted by Crippen LogP contribution is -1.92. The molecule has 5 nitrogen and oxygen atoms in total. The number of hydrogen-bond donors (Lipinski definition) is 2. The monoisotopic (exact) mass is 240 g/mol. The van der Waals surface area contributed by atoms with Gasteiger partial charge in [0.05, 0.1) is 29.9 Å². The molecular weight excluding hydrogens is 228 g/mol. The number of anilines is 1. The summed E-state index contributed by atoms with van der Waals surface area (Å²) in [5.74, 6) is 1.44. The Labute approximate surface area is 104 Å². The number of hydrogen-bond acceptors (Lipinski definition) is 4. The Balaban J connectivity index is 2.19. The topological polar surface area (TPSA) is 76.8 Å². The van der Waals surface area contributed by atoms with Gasteiger partial charge in [0.1, 0.15) is 11.6 Å². The van der Waals surface area contributed by atoms with Crippen molar-refractivity contribution in [2.24, 2.45) is 0 Å². The van der Waals surface area contributed by atoms with Crippen LogP contribution in [0.3, 0.4) is 0 Å². The summed E-state index contributed by atoms with van der Waals surface area (Å²) in [5.41, 5.74) is 9.04. The molecular formula is C13H12N4O. The molecule has 3 N–H and O–H groups in total. The maximum absolute atomic E-state index is 5.74. The fraction of sp³-hybridized carbons (Fsp3) is 0.0769. The second kappa shape index (κ2) is 4.03. The highest BCUT2D eigenvalue weighted by molar-refractivity contribution is 5.80. The first kappa shape index (κ1) is 10.6. The summed E-state index contributed by atoms with van der Waals surface area (Å²) in [6, 6.07) is 7.35. The third-order valence-electron chi connectivity index (χ3n) is 2.76. The van der Waals surface area contributed by atoms with Crippen molar-refractivity contribution in [1.29, 1.82) is 0 Å². The minimum atomic E-state index is 0.661. The standard InChI is InChI=1S/C13H12N4O/c1-18-12-6-8(14)2-3-9(12)13-16-10-4-5-15-7-11(10)17-13/h2-7H,14H2,1H3,(H,16,17). The SMILES string of the molecule is COc1cc(N)ccc1-c1nc2ccncc2[nH]1. The van der Waals surface area contributed by atoms with Gasteiger partial charge >= 0.3 is 0 Å². The van der Waals surface area contributed by atoms with E-state index < -0.39 is 0 Å². The predicted molar refractivity (Wildman–Crippen MR) is 70.3 cm³/mol. The predicted octanol–water partition coefficient (Wildman–Crippen LogP) is 2.22. The van der Waals surface area contributed by atoms with Gasteiger partial charge in [0.2, 0.25) is 0 Å². The van der Waals surface area contributed by atoms with E-state index in [0.717, 1.165) is 22.4 Å². The zero-order valence-electron chi connectivity index (χ0n) is 9.84. The molecule has 0 amide bonds. The van der Waals surface area contributed by atoms with Gasteiger partial charge in [0.25, 0.3) is 0 Å². The molecule has 18 heavy (non-hydrogen) atoms. The van der Waals surface area contributed by atoms with Crippen LogP contribution in [0.15, 0.2) is 36.7 Å². The van der Waals surface area contributed by atoms with Gasteiger partial charge in [0, 0.05) is 18.0 Å². The number of fused-ring (bicyclic) bond motifs is 1. The summed E-state index contributed by atoms with van der Waals surface area (Å²) >= 11 is 0. The number of ether oxygens (including phenoxy) is 1. The molecule has 3 rings (SSSR count). The van der Waals surface area contributed by atoms with Crippen molar-refractivity contribution in [3.8, 4) is 17.1 Å². The van der Waals surface area contributed by atoms with Crippen LogP contribution in [0.5, 0.6) is 5.75 Å². The van der Waals surface area contributed by atoms with Crippen LogP contribution in [0.2, 0.25) is 0 Å². The number of nitrogens with one attached hydrogen (secondary N) is 1. The van der Waals surface area contributed by atoms with E-state index in [1.54, 1.807) is 25.6 Å². The Bertz CT molecular complexity index is 672. The number of pyridine rings is 1. The van der Waals surface area contributed by atoms with E-state index >= 15 is 0 Å². The number of nitrogen functional groups attached to an aromatic ring is 1. The minimum absolute atomic E-state index is 0.661. The summed E-state index contributed by atoms with van der Waals surface area (Å²) in [7, 11) is 1.61. The Morgan fingerprint density at radius 3 is 2.94 bits per heavy atom. The third kappa shape index (κ3) is 1.66. The summed E-state index contributed by atoms with van der Waals surface area (Å²) in [4.78, 5) is 11.8. The van der Waals surface area contributed by atoms with Crippen LogP contribution in [0.4, 0.5) is 5.69 Å². The quantitative estimate of drug-likeness (QED) is 0.673. The second-order valence-corrected chi connectivity index (χ2v) is 3.94. The number of methoxy groups -OCH3 is 1. The number of benzene rings is 1. The van der Waals surface area contributed by atoms with Crippen molar-refractivity contribution >= 4 is 16.7 Å². The van der Waals surface area contributed by atoms with Crippen LogP contribution < -0.4 is 10.5 Å². The lowest BCUT2D eigenvalue weighted by Gasteiger charge is -2.06. The van der Waals surface area contributed by atoms with Gasteiger partial charge in [0.15, 0.2) is 0 Å². The van der Waals surface area contributed by atoms with Crippen LogP contribution in [0.1, 0.15) is 0 Å². The molecule has 5 heteroatoms. The summed E-state index contributed by atoms with van der Waals surface area (Å²) in [6.45, 7) is 0. The van der Waals surface area contributed by atoms with Crippen molar-refractivity contribution in [3.63, 3.8) is 0 Å². The Hall–Kier alpha value is -2.56. The number of aromatic amines is 1. The van der Waals surface area contributed by atoms with Gasteiger partial charge in [-0.25, -0.2) is 4.98 Å². The van der Waals surface area contributed by atoms with E-state index in [1.807, 2.05) is 18.2 Å². The molecule has 0 fully saturated rings. The summed E-state index contributed by atoms with van der Waals surface area (Å²) in [6.07, 6.45) is 3.46. The Morgan fingerprint density at radius 1 is 1.28 bits per heavy atom. The number of rotatable bonds is 2. The molecule has 0 atom stereocenters. The summed E-state index contributed by atoms with van der Waals surface area (Å²) < 4.78 is 5.32. The van der Waals surface area contributed by atoms with E-state index in [4.69, 9.17) is 10.5 Å². The van der Waals surface area contributed by atoms with Gasteiger partial charge in [-0.1, -0.05) is 0 Å². The molecule has 0 spiro atoms. The van der Waals surface area contributed by atoms with Gasteiger partial charge in [-0.05, 0) is 18.2 Å². The largest absolute Gasteiger partial charge is 0.496 e. The number of nitrogens with zero attached hydrogens (tertiary/aromatic N) is 2. The van der Waals surface area contributed by atoms with E-state index in [2.05, 4.69) is 15.0 Å². The first-order valence-corrected chi connectivity index (χ1v) is 5.51. The van der Waals surface area contributed by atoms with Crippen molar-refractivity contribution in [3.05, 3.63) is 36.7 Å². The maximum Gasteiger partial charge on any atom is 0.142 e. The molecule has 2 aromatic heterocycles. The first-order valence-electron chi connectivity index (χ1n) is 5.51. The molecule has 2 heterocycles. The van der Waals surface area contributed by atoms with Gasteiger partial charge in [-0.2, -0.15) is 0 Å². The van der Waals surface area contributed by atoms with Crippen LogP contribution in [0, 0.1) is 0 Å². The Kier molecular flexibility index (Phi) is 2.37. The minimum Gasteiger partial charge on any atom is -0.496 e. The average molecular weight is 240 g/mol. The highest BCUT2D eigenvalue weighted by Gasteiger charge is 2.10. The zero-order valence-corrected chi connectivity index (χ0v) is 9.84. The molecule has 0 aliphatic heterocycles. The van der Waals surface area contributed by atoms with E-state index in [0.29, 0.717) is 11.4 Å². The van der Waals surface area contributed by atoms with Crippen molar-refractivity contribution in [2.45, 2.75) is 0 Å². The van der Waals surface area contributed by atoms with Crippen LogP contribution >= 0.6 is 0 Å². The van der Waals surface area contributed by atoms with Crippen molar-refractivity contribution in [2.75, 3.05) is 12.8 Å². The second-order valence-electron chi connectivity index (χ2n) is 3.94. The number of nitrogens with two attached hydrogens (primary N) is 1. The molecule has 1 aromatic carbocycles. The molecule has 0 aliphatic carbocycles. The molecule has 0 saturated carbocycles. The van der Waals surface area contributed by atoms with Gasteiger partial charge < -0.3 is 15.5 Å². The van der Waals surface area contributed by atoms with E-state index in [9.17, 15) is 0 Å². The summed E-state index contributed by atoms with van der Waals surface area (Å²) in [5, 5.41) is 0. The average Bonchev–Trinajstić information content (AvgIpc) is 2.82. The van der Waals surface area contributed by atoms with Crippen LogP contribution in [0.25, 0.3) is 22.4 Å². The highest BCUT2D eigenvalue weighted by Crippen LogP contribution is 2.30. The molecule has 0 bridgehead atoms. The van der Waals surface area contributed by atoms with Crippen molar-refractivity contribution < 1.29 is 4.74 Å². The lowest BCUT2D eigenvalue weighted by atomic mass is 10.1. The molecule has 0 saturated heterocycles. The third-order valence-corrected chi connectivity index (χ3v) is 2.76. The van der Waals surface area contributed by atoms with Crippen molar-refractivity contribution in [1.82, 2.24) is 15.0 Å². The molecule has 0 unspecified atom stereocenters. The zero-order chi connectivity index (χ0) is 12.5. The molecule has 3 aromatic rings. The fourth-order valence-electron chi connectivity index (χ4n) is 1.89. The van der Waals surface area contributed by atoms with Gasteiger partial charge in [-0.15, -0.1) is 0 Å². The fourth-order valence-corrected chi connectivity index (χ4v) is 1.89. The number of H-pyrrole nitrogens is 1. The number of imidazole rings is 1. The normalized spacial score (nSPS) is 10.7. The number of aromatic nitrogens is 3. The smallest absolute Gasteiger partial charge is 0.142 e.